The van der Waals surface area contributed by atoms with Crippen LogP contribution in [-0.4, -0.2) is 13.1 Å². The highest BCUT2D eigenvalue weighted by Crippen LogP contribution is 1.85. The van der Waals surface area contributed by atoms with Crippen molar-refractivity contribution in [3.8, 4) is 0 Å². The van der Waals surface area contributed by atoms with E-state index >= 15 is 0 Å². The number of rotatable bonds is 3. The first-order valence-corrected chi connectivity index (χ1v) is 3.13. The molecule has 0 bridgehead atoms. The van der Waals surface area contributed by atoms with E-state index < -0.39 is 0 Å². The molecule has 1 N–H and O–H groups in total. The van der Waals surface area contributed by atoms with Gasteiger partial charge in [-0.2, -0.15) is 0 Å². The first kappa shape index (κ1) is 7.70. The summed E-state index contributed by atoms with van der Waals surface area (Å²) in [6.07, 6.45) is 2.13. The van der Waals surface area contributed by atoms with E-state index in [-0.39, 0.29) is 0 Å². The minimum absolute atomic E-state index is 1.03. The molecule has 0 aliphatic carbocycles. The van der Waals surface area contributed by atoms with E-state index in [1.165, 1.54) is 5.57 Å². The van der Waals surface area contributed by atoms with Gasteiger partial charge in [-0.15, -0.1) is 0 Å². The third-order valence-electron chi connectivity index (χ3n) is 1.15. The smallest absolute Gasteiger partial charge is 0.0161 e. The van der Waals surface area contributed by atoms with Crippen LogP contribution < -0.4 is 5.32 Å². The Morgan fingerprint density at radius 3 is 2.62 bits per heavy atom. The summed E-state index contributed by atoms with van der Waals surface area (Å²) in [5.74, 6) is 0. The lowest BCUT2D eigenvalue weighted by Gasteiger charge is -1.98. The lowest BCUT2D eigenvalue weighted by molar-refractivity contribution is 0.775. The Hall–Kier alpha value is -0.300. The van der Waals surface area contributed by atoms with Crippen LogP contribution in [-0.2, 0) is 0 Å². The molecule has 0 aromatic heterocycles. The summed E-state index contributed by atoms with van der Waals surface area (Å²) in [5, 5.41) is 3.23. The fourth-order valence-corrected chi connectivity index (χ4v) is 0.424. The maximum atomic E-state index is 3.23. The second-order valence-corrected chi connectivity index (χ2v) is 1.92. The minimum Gasteiger partial charge on any atom is -0.313 e. The fraction of sp³-hybridized carbons (Fsp3) is 0.714. The zero-order chi connectivity index (χ0) is 6.41. The lowest BCUT2D eigenvalue weighted by atomic mass is 10.3. The van der Waals surface area contributed by atoms with Gasteiger partial charge in [0, 0.05) is 6.54 Å². The summed E-state index contributed by atoms with van der Waals surface area (Å²) in [7, 11) is 0. The fourth-order valence-electron chi connectivity index (χ4n) is 0.424. The van der Waals surface area contributed by atoms with Crippen molar-refractivity contribution in [2.24, 2.45) is 0 Å². The molecule has 0 saturated heterocycles. The molecule has 0 unspecified atom stereocenters. The van der Waals surface area contributed by atoms with Gasteiger partial charge in [0.2, 0.25) is 0 Å². The largest absolute Gasteiger partial charge is 0.313 e. The molecule has 0 aliphatic rings. The highest BCUT2D eigenvalue weighted by atomic mass is 14.8. The van der Waals surface area contributed by atoms with Gasteiger partial charge >= 0.3 is 0 Å². The summed E-state index contributed by atoms with van der Waals surface area (Å²) in [6, 6.07) is 0. The van der Waals surface area contributed by atoms with Crippen LogP contribution in [0.4, 0.5) is 0 Å². The molecule has 1 heteroatoms. The Balaban J connectivity index is 3.12. The van der Waals surface area contributed by atoms with Crippen molar-refractivity contribution in [3.63, 3.8) is 0 Å². The third-order valence-corrected chi connectivity index (χ3v) is 1.15. The van der Waals surface area contributed by atoms with Crippen molar-refractivity contribution in [2.75, 3.05) is 13.1 Å². The Bertz CT molecular complexity index is 74.5. The van der Waals surface area contributed by atoms with Gasteiger partial charge in [0.05, 0.1) is 0 Å². The molecule has 0 rings (SSSR count). The van der Waals surface area contributed by atoms with E-state index in [2.05, 4.69) is 32.2 Å². The molecule has 0 heterocycles. The van der Waals surface area contributed by atoms with E-state index in [1.54, 1.807) is 0 Å². The van der Waals surface area contributed by atoms with E-state index in [0.717, 1.165) is 13.1 Å². The highest BCUT2D eigenvalue weighted by Gasteiger charge is 1.81. The van der Waals surface area contributed by atoms with Gasteiger partial charge < -0.3 is 5.32 Å². The second-order valence-electron chi connectivity index (χ2n) is 1.92. The predicted molar refractivity (Wildman–Crippen MR) is 38.0 cm³/mol. The monoisotopic (exact) mass is 113 g/mol. The average molecular weight is 113 g/mol. The van der Waals surface area contributed by atoms with Gasteiger partial charge in [0.15, 0.2) is 0 Å². The number of likely N-dealkylation sites (N-methyl/N-ethyl adjacent to an activating group) is 1. The zero-order valence-corrected chi connectivity index (χ0v) is 5.99. The first-order valence-electron chi connectivity index (χ1n) is 3.13. The van der Waals surface area contributed by atoms with Gasteiger partial charge in [-0.05, 0) is 20.4 Å². The van der Waals surface area contributed by atoms with Crippen molar-refractivity contribution in [1.82, 2.24) is 5.32 Å². The van der Waals surface area contributed by atoms with Crippen molar-refractivity contribution >= 4 is 0 Å². The summed E-state index contributed by atoms with van der Waals surface area (Å²) in [5.41, 5.74) is 1.41. The van der Waals surface area contributed by atoms with Crippen molar-refractivity contribution in [3.05, 3.63) is 11.6 Å². The zero-order valence-electron chi connectivity index (χ0n) is 5.99. The molecule has 0 amide bonds. The molecule has 48 valence electrons. The van der Waals surface area contributed by atoms with Gasteiger partial charge in [0.1, 0.15) is 0 Å². The number of nitrogens with one attached hydrogen (secondary N) is 1. The van der Waals surface area contributed by atoms with Gasteiger partial charge in [-0.3, -0.25) is 0 Å². The molecule has 0 aromatic rings. The lowest BCUT2D eigenvalue weighted by Crippen LogP contribution is -2.14. The quantitative estimate of drug-likeness (QED) is 0.548. The SMILES string of the molecule is CC=C(C)CNCC. The highest BCUT2D eigenvalue weighted by molar-refractivity contribution is 4.97. The molecule has 0 aromatic carbocycles. The predicted octanol–water partition coefficient (Wildman–Crippen LogP) is 1.56. The number of hydrogen-bond acceptors (Lipinski definition) is 1. The van der Waals surface area contributed by atoms with Crippen LogP contribution in [0.25, 0.3) is 0 Å². The van der Waals surface area contributed by atoms with Crippen LogP contribution in [0.1, 0.15) is 20.8 Å². The van der Waals surface area contributed by atoms with E-state index in [0.29, 0.717) is 0 Å². The van der Waals surface area contributed by atoms with Gasteiger partial charge in [0.25, 0.3) is 0 Å². The number of hydrogen-bond donors (Lipinski definition) is 1. The van der Waals surface area contributed by atoms with Crippen LogP contribution >= 0.6 is 0 Å². The van der Waals surface area contributed by atoms with Crippen LogP contribution in [0.15, 0.2) is 11.6 Å². The molecule has 8 heavy (non-hydrogen) atoms. The first-order chi connectivity index (χ1) is 3.81. The summed E-state index contributed by atoms with van der Waals surface area (Å²) >= 11 is 0. The molecule has 0 fully saturated rings. The summed E-state index contributed by atoms with van der Waals surface area (Å²) in [6.45, 7) is 8.40. The Morgan fingerprint density at radius 1 is 1.62 bits per heavy atom. The second kappa shape index (κ2) is 4.85. The summed E-state index contributed by atoms with van der Waals surface area (Å²) < 4.78 is 0. The third kappa shape index (κ3) is 3.88. The molecular formula is C7H15N. The topological polar surface area (TPSA) is 12.0 Å². The molecule has 0 radical (unpaired) electrons. The van der Waals surface area contributed by atoms with Crippen molar-refractivity contribution < 1.29 is 0 Å². The Morgan fingerprint density at radius 2 is 2.25 bits per heavy atom. The van der Waals surface area contributed by atoms with Crippen LogP contribution in [0.3, 0.4) is 0 Å². The molecule has 0 aliphatic heterocycles. The van der Waals surface area contributed by atoms with E-state index in [9.17, 15) is 0 Å². The van der Waals surface area contributed by atoms with Crippen LogP contribution in [0, 0.1) is 0 Å². The van der Waals surface area contributed by atoms with E-state index in [1.807, 2.05) is 0 Å². The Kier molecular flexibility index (Phi) is 4.67. The normalized spacial score (nSPS) is 12.1. The van der Waals surface area contributed by atoms with Gasteiger partial charge in [-0.1, -0.05) is 18.6 Å². The molecule has 0 saturated carbocycles. The van der Waals surface area contributed by atoms with Crippen LogP contribution in [0.2, 0.25) is 0 Å². The Labute approximate surface area is 51.8 Å². The maximum Gasteiger partial charge on any atom is 0.0161 e. The molecular weight excluding hydrogens is 98.1 g/mol. The number of allylic oxidation sites excluding steroid dienone is 1. The van der Waals surface area contributed by atoms with Crippen LogP contribution in [0.5, 0.6) is 0 Å². The standard InChI is InChI=1S/C7H15N/c1-4-7(3)6-8-5-2/h4,8H,5-6H2,1-3H3. The molecule has 1 nitrogen and oxygen atoms in total. The molecule has 0 atom stereocenters. The molecule has 0 spiro atoms. The maximum absolute atomic E-state index is 3.23. The summed E-state index contributed by atoms with van der Waals surface area (Å²) in [4.78, 5) is 0. The van der Waals surface area contributed by atoms with Crippen molar-refractivity contribution in [2.45, 2.75) is 20.8 Å². The van der Waals surface area contributed by atoms with Crippen molar-refractivity contribution in [1.29, 1.82) is 0 Å². The van der Waals surface area contributed by atoms with E-state index in [4.69, 9.17) is 0 Å². The average Bonchev–Trinajstić information content (AvgIpc) is 1.83. The van der Waals surface area contributed by atoms with Gasteiger partial charge in [-0.25, -0.2) is 0 Å². The minimum atomic E-state index is 1.03.